The van der Waals surface area contributed by atoms with Crippen LogP contribution in [0.15, 0.2) is 23.4 Å². The second kappa shape index (κ2) is 6.93. The van der Waals surface area contributed by atoms with E-state index < -0.39 is 28.5 Å². The smallest absolute Gasteiger partial charge is 0.337 e. The highest BCUT2D eigenvalue weighted by Crippen LogP contribution is 2.27. The van der Waals surface area contributed by atoms with Crippen molar-refractivity contribution in [1.82, 2.24) is 4.90 Å². The van der Waals surface area contributed by atoms with Crippen molar-refractivity contribution in [3.8, 4) is 0 Å². The van der Waals surface area contributed by atoms with Crippen LogP contribution in [0.2, 0.25) is 5.02 Å². The number of benzene rings is 1. The summed E-state index contributed by atoms with van der Waals surface area (Å²) < 4.78 is 31.2. The molecule has 2 N–H and O–H groups in total. The van der Waals surface area contributed by atoms with E-state index >= 15 is 0 Å². The SMILES string of the molecule is COC(=O)C1=C(Nc2cc(F)c(F)c(Cl)c2)C(=O)N(CCO)C1. The number of esters is 1. The molecule has 0 fully saturated rings. The second-order valence-electron chi connectivity index (χ2n) is 4.67. The molecule has 0 radical (unpaired) electrons. The van der Waals surface area contributed by atoms with Gasteiger partial charge in [-0.2, -0.15) is 0 Å². The summed E-state index contributed by atoms with van der Waals surface area (Å²) in [6.45, 7) is -0.334. The molecule has 0 saturated heterocycles. The molecule has 2 rings (SSSR count). The maximum atomic E-state index is 13.4. The van der Waals surface area contributed by atoms with E-state index in [9.17, 15) is 18.4 Å². The Morgan fingerprint density at radius 1 is 1.48 bits per heavy atom. The normalized spacial score (nSPS) is 14.5. The van der Waals surface area contributed by atoms with Crippen molar-refractivity contribution in [3.63, 3.8) is 0 Å². The van der Waals surface area contributed by atoms with Crippen LogP contribution < -0.4 is 5.32 Å². The number of aliphatic hydroxyl groups excluding tert-OH is 1. The van der Waals surface area contributed by atoms with E-state index in [1.54, 1.807) is 0 Å². The van der Waals surface area contributed by atoms with Gasteiger partial charge in [0.1, 0.15) is 5.70 Å². The van der Waals surface area contributed by atoms with Crippen LogP contribution >= 0.6 is 11.6 Å². The van der Waals surface area contributed by atoms with E-state index in [0.29, 0.717) is 0 Å². The van der Waals surface area contributed by atoms with E-state index in [0.717, 1.165) is 19.2 Å². The molecule has 23 heavy (non-hydrogen) atoms. The average molecular weight is 347 g/mol. The zero-order valence-electron chi connectivity index (χ0n) is 12.0. The Hall–Kier alpha value is -2.19. The molecule has 1 heterocycles. The maximum absolute atomic E-state index is 13.4. The lowest BCUT2D eigenvalue weighted by Crippen LogP contribution is -2.31. The fourth-order valence-corrected chi connectivity index (χ4v) is 2.33. The monoisotopic (exact) mass is 346 g/mol. The quantitative estimate of drug-likeness (QED) is 0.620. The lowest BCUT2D eigenvalue weighted by molar-refractivity contribution is -0.136. The Morgan fingerprint density at radius 2 is 2.17 bits per heavy atom. The third-order valence-electron chi connectivity index (χ3n) is 3.21. The summed E-state index contributed by atoms with van der Waals surface area (Å²) >= 11 is 5.55. The lowest BCUT2D eigenvalue weighted by Gasteiger charge is -2.15. The van der Waals surface area contributed by atoms with Crippen molar-refractivity contribution in [1.29, 1.82) is 0 Å². The number of hydrogen-bond donors (Lipinski definition) is 2. The third kappa shape index (κ3) is 3.43. The number of carbonyl (C=O) groups is 2. The number of halogens is 3. The van der Waals surface area contributed by atoms with Crippen LogP contribution in [0.25, 0.3) is 0 Å². The van der Waals surface area contributed by atoms with Gasteiger partial charge in [0.2, 0.25) is 0 Å². The van der Waals surface area contributed by atoms with Crippen LogP contribution in [0.5, 0.6) is 0 Å². The molecule has 0 atom stereocenters. The summed E-state index contributed by atoms with van der Waals surface area (Å²) in [4.78, 5) is 25.2. The zero-order valence-corrected chi connectivity index (χ0v) is 12.8. The Balaban J connectivity index is 2.37. The Kier molecular flexibility index (Phi) is 5.17. The highest BCUT2D eigenvalue weighted by molar-refractivity contribution is 6.31. The molecule has 0 spiro atoms. The molecule has 1 aliphatic rings. The van der Waals surface area contributed by atoms with Crippen molar-refractivity contribution in [2.75, 3.05) is 32.1 Å². The van der Waals surface area contributed by atoms with E-state index in [2.05, 4.69) is 10.1 Å². The summed E-state index contributed by atoms with van der Waals surface area (Å²) in [6.07, 6.45) is 0. The minimum absolute atomic E-state index is 0.00417. The molecule has 1 aromatic carbocycles. The molecule has 124 valence electrons. The third-order valence-corrected chi connectivity index (χ3v) is 3.48. The van der Waals surface area contributed by atoms with Crippen molar-refractivity contribution in [3.05, 3.63) is 40.1 Å². The summed E-state index contributed by atoms with van der Waals surface area (Å²) in [6, 6.07) is 1.90. The number of ether oxygens (including phenoxy) is 1. The van der Waals surface area contributed by atoms with Crippen LogP contribution in [-0.2, 0) is 14.3 Å². The maximum Gasteiger partial charge on any atom is 0.337 e. The van der Waals surface area contributed by atoms with Gasteiger partial charge in [0.25, 0.3) is 5.91 Å². The van der Waals surface area contributed by atoms with Gasteiger partial charge in [0.15, 0.2) is 11.6 Å². The number of β-amino-alcohol motifs (C(OH)–C–C–N with tert-alkyl or cyclic N) is 1. The molecule has 9 heteroatoms. The minimum Gasteiger partial charge on any atom is -0.466 e. The van der Waals surface area contributed by atoms with Crippen molar-refractivity contribution < 1.29 is 28.2 Å². The molecule has 1 aliphatic heterocycles. The van der Waals surface area contributed by atoms with Crippen molar-refractivity contribution in [2.24, 2.45) is 0 Å². The van der Waals surface area contributed by atoms with E-state index in [1.807, 2.05) is 0 Å². The predicted molar refractivity (Wildman–Crippen MR) is 77.7 cm³/mol. The Bertz CT molecular complexity index is 670. The van der Waals surface area contributed by atoms with Gasteiger partial charge in [-0.25, -0.2) is 13.6 Å². The first kappa shape index (κ1) is 17.2. The van der Waals surface area contributed by atoms with Gasteiger partial charge in [0, 0.05) is 18.3 Å². The van der Waals surface area contributed by atoms with E-state index in [1.165, 1.54) is 4.90 Å². The standard InChI is InChI=1S/C14H13ClF2N2O4/c1-23-14(22)8-6-19(2-3-20)13(21)12(8)18-7-4-9(15)11(17)10(16)5-7/h4-5,18,20H,2-3,6H2,1H3. The van der Waals surface area contributed by atoms with Crippen molar-refractivity contribution >= 4 is 29.2 Å². The van der Waals surface area contributed by atoms with Crippen molar-refractivity contribution in [2.45, 2.75) is 0 Å². The molecule has 0 bridgehead atoms. The first-order chi connectivity index (χ1) is 10.9. The van der Waals surface area contributed by atoms with Gasteiger partial charge < -0.3 is 20.1 Å². The fourth-order valence-electron chi connectivity index (χ4n) is 2.12. The van der Waals surface area contributed by atoms with Crippen LogP contribution in [0, 0.1) is 11.6 Å². The molecule has 6 nitrogen and oxygen atoms in total. The summed E-state index contributed by atoms with van der Waals surface area (Å²) in [5, 5.41) is 11.0. The van der Waals surface area contributed by atoms with Gasteiger partial charge in [-0.05, 0) is 6.07 Å². The molecule has 0 aromatic heterocycles. The molecular formula is C14H13ClF2N2O4. The minimum atomic E-state index is -1.21. The highest BCUT2D eigenvalue weighted by atomic mass is 35.5. The molecule has 1 amide bonds. The Labute approximate surface area is 135 Å². The number of hydrogen-bond acceptors (Lipinski definition) is 5. The van der Waals surface area contributed by atoms with Gasteiger partial charge >= 0.3 is 5.97 Å². The number of carbonyl (C=O) groups excluding carboxylic acids is 2. The average Bonchev–Trinajstić information content (AvgIpc) is 2.81. The number of amides is 1. The van der Waals surface area contributed by atoms with E-state index in [-0.39, 0.29) is 36.7 Å². The van der Waals surface area contributed by atoms with Gasteiger partial charge in [-0.3, -0.25) is 4.79 Å². The molecule has 1 aromatic rings. The number of aliphatic hydroxyl groups is 1. The highest BCUT2D eigenvalue weighted by Gasteiger charge is 2.34. The summed E-state index contributed by atoms with van der Waals surface area (Å²) in [5.74, 6) is -3.72. The van der Waals surface area contributed by atoms with Gasteiger partial charge in [-0.15, -0.1) is 0 Å². The lowest BCUT2D eigenvalue weighted by atomic mass is 10.2. The second-order valence-corrected chi connectivity index (χ2v) is 5.08. The molecule has 0 unspecified atom stereocenters. The van der Waals surface area contributed by atoms with Crippen LogP contribution in [0.3, 0.4) is 0 Å². The number of nitrogens with zero attached hydrogens (tertiary/aromatic N) is 1. The summed E-state index contributed by atoms with van der Waals surface area (Å²) in [7, 11) is 1.15. The van der Waals surface area contributed by atoms with E-state index in [4.69, 9.17) is 16.7 Å². The zero-order chi connectivity index (χ0) is 17.1. The number of methoxy groups -OCH3 is 1. The molecular weight excluding hydrogens is 334 g/mol. The number of rotatable bonds is 5. The largest absolute Gasteiger partial charge is 0.466 e. The van der Waals surface area contributed by atoms with Crippen LogP contribution in [-0.4, -0.2) is 48.7 Å². The first-order valence-corrected chi connectivity index (χ1v) is 6.90. The fraction of sp³-hybridized carbons (Fsp3) is 0.286. The topological polar surface area (TPSA) is 78.9 Å². The van der Waals surface area contributed by atoms with Crippen LogP contribution in [0.1, 0.15) is 0 Å². The predicted octanol–water partition coefficient (Wildman–Crippen LogP) is 1.29. The number of nitrogens with one attached hydrogen (secondary N) is 1. The summed E-state index contributed by atoms with van der Waals surface area (Å²) in [5.41, 5.74) is -0.108. The Morgan fingerprint density at radius 3 is 2.74 bits per heavy atom. The first-order valence-electron chi connectivity index (χ1n) is 6.52. The molecule has 0 saturated carbocycles. The van der Waals surface area contributed by atoms with Gasteiger partial charge in [-0.1, -0.05) is 11.6 Å². The molecule has 0 aliphatic carbocycles. The number of anilines is 1. The van der Waals surface area contributed by atoms with Crippen LogP contribution in [0.4, 0.5) is 14.5 Å². The van der Waals surface area contributed by atoms with Gasteiger partial charge in [0.05, 0.1) is 30.9 Å².